The molecular formula is C9H4N4. The van der Waals surface area contributed by atoms with Gasteiger partial charge in [-0.05, 0) is 11.6 Å². The van der Waals surface area contributed by atoms with Crippen LogP contribution in [0.2, 0.25) is 0 Å². The van der Waals surface area contributed by atoms with Crippen LogP contribution in [0.4, 0.5) is 5.69 Å². The summed E-state index contributed by atoms with van der Waals surface area (Å²) in [4.78, 5) is 2.65. The summed E-state index contributed by atoms with van der Waals surface area (Å²) in [6.45, 7) is 0. The van der Waals surface area contributed by atoms with E-state index in [-0.39, 0.29) is 0 Å². The zero-order valence-corrected chi connectivity index (χ0v) is 6.60. The minimum Gasteiger partial charge on any atom is -0.183 e. The van der Waals surface area contributed by atoms with Crippen molar-refractivity contribution in [1.29, 1.82) is 5.26 Å². The average molecular weight is 168 g/mol. The Morgan fingerprint density at radius 3 is 2.85 bits per heavy atom. The first-order valence-electron chi connectivity index (χ1n) is 3.42. The maximum Gasteiger partial charge on any atom is 0.152 e. The molecule has 0 amide bonds. The van der Waals surface area contributed by atoms with Crippen LogP contribution in [0.1, 0.15) is 5.56 Å². The molecule has 1 aromatic carbocycles. The van der Waals surface area contributed by atoms with Crippen molar-refractivity contribution in [2.24, 2.45) is 5.11 Å². The lowest BCUT2D eigenvalue weighted by Crippen LogP contribution is -1.73. The van der Waals surface area contributed by atoms with Crippen LogP contribution in [-0.4, -0.2) is 0 Å². The largest absolute Gasteiger partial charge is 0.183 e. The molecular weight excluding hydrogens is 164 g/mol. The molecule has 13 heavy (non-hydrogen) atoms. The quantitative estimate of drug-likeness (QED) is 0.275. The highest BCUT2D eigenvalue weighted by Gasteiger charge is 1.93. The summed E-state index contributed by atoms with van der Waals surface area (Å²) in [5.41, 5.74) is 9.21. The molecule has 0 saturated carbocycles. The number of benzene rings is 1. The van der Waals surface area contributed by atoms with E-state index in [1.54, 1.807) is 30.3 Å². The topological polar surface area (TPSA) is 72.5 Å². The molecule has 0 atom stereocenters. The molecule has 4 nitrogen and oxygen atoms in total. The van der Waals surface area contributed by atoms with Gasteiger partial charge in [-0.1, -0.05) is 29.2 Å². The number of nitriles is 1. The standard InChI is InChI=1S/C9H4N4/c10-7-3-5-8-4-1-2-6-9(8)12-13-11/h1-2,4,6H. The highest BCUT2D eigenvalue weighted by molar-refractivity contribution is 5.55. The van der Waals surface area contributed by atoms with E-state index >= 15 is 0 Å². The Bertz CT molecular complexity index is 452. The zero-order chi connectivity index (χ0) is 9.52. The lowest BCUT2D eigenvalue weighted by Gasteiger charge is -1.93. The fourth-order valence-electron chi connectivity index (χ4n) is 0.810. The fourth-order valence-corrected chi connectivity index (χ4v) is 0.810. The van der Waals surface area contributed by atoms with E-state index < -0.39 is 0 Å². The summed E-state index contributed by atoms with van der Waals surface area (Å²) in [5.74, 6) is 4.81. The third-order valence-corrected chi connectivity index (χ3v) is 1.31. The number of nitrogens with zero attached hydrogens (tertiary/aromatic N) is 4. The Labute approximate surface area is 75.1 Å². The minimum atomic E-state index is 0.438. The summed E-state index contributed by atoms with van der Waals surface area (Å²) in [7, 11) is 0. The van der Waals surface area contributed by atoms with Crippen molar-refractivity contribution in [3.63, 3.8) is 0 Å². The summed E-state index contributed by atoms with van der Waals surface area (Å²) in [6.07, 6.45) is 0. The molecule has 0 fully saturated rings. The van der Waals surface area contributed by atoms with E-state index in [1.165, 1.54) is 0 Å². The summed E-state index contributed by atoms with van der Waals surface area (Å²) in [5, 5.41) is 11.6. The second-order valence-electron chi connectivity index (χ2n) is 2.07. The van der Waals surface area contributed by atoms with Crippen molar-refractivity contribution >= 4 is 5.69 Å². The molecule has 0 saturated heterocycles. The van der Waals surface area contributed by atoms with Crippen LogP contribution in [0.15, 0.2) is 29.4 Å². The smallest absolute Gasteiger partial charge is 0.152 e. The Kier molecular flexibility index (Phi) is 2.97. The highest BCUT2D eigenvalue weighted by atomic mass is 15.1. The van der Waals surface area contributed by atoms with Crippen LogP contribution in [-0.2, 0) is 0 Å². The van der Waals surface area contributed by atoms with Gasteiger partial charge in [0.2, 0.25) is 0 Å². The molecule has 0 radical (unpaired) electrons. The Balaban J connectivity index is 3.21. The molecule has 60 valence electrons. The van der Waals surface area contributed by atoms with Crippen molar-refractivity contribution in [1.82, 2.24) is 0 Å². The van der Waals surface area contributed by atoms with E-state index in [4.69, 9.17) is 10.8 Å². The lowest BCUT2D eigenvalue weighted by atomic mass is 10.2. The van der Waals surface area contributed by atoms with Gasteiger partial charge in [-0.15, -0.1) is 0 Å². The third-order valence-electron chi connectivity index (χ3n) is 1.31. The van der Waals surface area contributed by atoms with Crippen LogP contribution in [0.5, 0.6) is 0 Å². The molecule has 1 rings (SSSR count). The summed E-state index contributed by atoms with van der Waals surface area (Å²) in [6, 6.07) is 8.52. The molecule has 0 aromatic heterocycles. The Hall–Kier alpha value is -2.42. The maximum absolute atomic E-state index is 8.22. The van der Waals surface area contributed by atoms with Gasteiger partial charge in [-0.2, -0.15) is 5.26 Å². The minimum absolute atomic E-state index is 0.438. The van der Waals surface area contributed by atoms with E-state index in [0.29, 0.717) is 11.3 Å². The van der Waals surface area contributed by atoms with Crippen molar-refractivity contribution in [2.45, 2.75) is 0 Å². The second kappa shape index (κ2) is 4.46. The first-order valence-corrected chi connectivity index (χ1v) is 3.42. The number of rotatable bonds is 1. The van der Waals surface area contributed by atoms with Gasteiger partial charge in [0, 0.05) is 16.4 Å². The van der Waals surface area contributed by atoms with Crippen LogP contribution in [0.3, 0.4) is 0 Å². The predicted molar refractivity (Wildman–Crippen MR) is 47.7 cm³/mol. The first kappa shape index (κ1) is 8.67. The maximum atomic E-state index is 8.22. The molecule has 0 aliphatic carbocycles. The van der Waals surface area contributed by atoms with Crippen molar-refractivity contribution in [3.8, 4) is 17.9 Å². The van der Waals surface area contributed by atoms with Crippen molar-refractivity contribution in [2.75, 3.05) is 0 Å². The van der Waals surface area contributed by atoms with Crippen LogP contribution in [0, 0.1) is 23.2 Å². The van der Waals surface area contributed by atoms with Crippen molar-refractivity contribution in [3.05, 3.63) is 40.3 Å². The van der Waals surface area contributed by atoms with Gasteiger partial charge in [0.15, 0.2) is 6.07 Å². The SMILES string of the molecule is N#CC#Cc1ccccc1N=[N+]=[N-]. The first-order chi connectivity index (χ1) is 6.38. The fraction of sp³-hybridized carbons (Fsp3) is 0. The van der Waals surface area contributed by atoms with E-state index in [0.717, 1.165) is 0 Å². The molecule has 0 spiro atoms. The monoisotopic (exact) mass is 168 g/mol. The van der Waals surface area contributed by atoms with Crippen molar-refractivity contribution < 1.29 is 0 Å². The van der Waals surface area contributed by atoms with Crippen LogP contribution < -0.4 is 0 Å². The molecule has 0 unspecified atom stereocenters. The molecule has 0 aliphatic rings. The molecule has 0 bridgehead atoms. The van der Waals surface area contributed by atoms with Gasteiger partial charge in [0.05, 0.1) is 5.69 Å². The zero-order valence-electron chi connectivity index (χ0n) is 6.60. The van der Waals surface area contributed by atoms with Gasteiger partial charge in [0.25, 0.3) is 0 Å². The van der Waals surface area contributed by atoms with E-state index in [1.807, 2.05) is 0 Å². The van der Waals surface area contributed by atoms with Gasteiger partial charge < -0.3 is 0 Å². The molecule has 0 aliphatic heterocycles. The van der Waals surface area contributed by atoms with Gasteiger partial charge in [-0.25, -0.2) is 0 Å². The number of hydrogen-bond acceptors (Lipinski definition) is 2. The summed E-state index contributed by atoms with van der Waals surface area (Å²) < 4.78 is 0. The Morgan fingerprint density at radius 2 is 2.15 bits per heavy atom. The van der Waals surface area contributed by atoms with E-state index in [9.17, 15) is 0 Å². The predicted octanol–water partition coefficient (Wildman–Crippen LogP) is 2.50. The average Bonchev–Trinajstić information content (AvgIpc) is 2.17. The number of azide groups is 1. The highest BCUT2D eigenvalue weighted by Crippen LogP contribution is 2.16. The molecule has 0 N–H and O–H groups in total. The number of hydrogen-bond donors (Lipinski definition) is 0. The Morgan fingerprint density at radius 1 is 1.38 bits per heavy atom. The second-order valence-corrected chi connectivity index (χ2v) is 2.07. The molecule has 0 heterocycles. The van der Waals surface area contributed by atoms with E-state index in [2.05, 4.69) is 21.9 Å². The van der Waals surface area contributed by atoms with Gasteiger partial charge >= 0.3 is 0 Å². The normalized spacial score (nSPS) is 7.31. The third kappa shape index (κ3) is 2.27. The molecule has 4 heteroatoms. The lowest BCUT2D eigenvalue weighted by molar-refractivity contribution is 1.45. The van der Waals surface area contributed by atoms with Gasteiger partial charge in [-0.3, -0.25) is 0 Å². The van der Waals surface area contributed by atoms with Crippen LogP contribution in [0.25, 0.3) is 10.4 Å². The molecule has 1 aromatic rings. The summed E-state index contributed by atoms with van der Waals surface area (Å²) >= 11 is 0. The van der Waals surface area contributed by atoms with Gasteiger partial charge in [0.1, 0.15) is 0 Å². The van der Waals surface area contributed by atoms with Crippen LogP contribution >= 0.6 is 0 Å².